The third-order valence-corrected chi connectivity index (χ3v) is 7.52. The van der Waals surface area contributed by atoms with Crippen molar-refractivity contribution < 1.29 is 18.3 Å². The minimum atomic E-state index is -0.767. The molecule has 0 unspecified atom stereocenters. The summed E-state index contributed by atoms with van der Waals surface area (Å²) in [7, 11) is 0. The van der Waals surface area contributed by atoms with Crippen LogP contribution in [0.4, 0.5) is 13.6 Å². The number of hydrogen-bond donors (Lipinski definition) is 0. The second-order valence-corrected chi connectivity index (χ2v) is 9.21. The van der Waals surface area contributed by atoms with E-state index >= 15 is 4.39 Å². The Kier molecular flexibility index (Phi) is 5.08. The summed E-state index contributed by atoms with van der Waals surface area (Å²) < 4.78 is 35.8. The van der Waals surface area contributed by atoms with Crippen molar-refractivity contribution in [1.82, 2.24) is 9.80 Å². The Labute approximate surface area is 185 Å². The number of urea groups is 1. The first-order chi connectivity index (χ1) is 14.9. The van der Waals surface area contributed by atoms with Crippen molar-refractivity contribution in [3.05, 3.63) is 64.2 Å². The highest BCUT2D eigenvalue weighted by Crippen LogP contribution is 2.52. The third kappa shape index (κ3) is 3.18. The fourth-order valence-electron chi connectivity index (χ4n) is 5.77. The Bertz CT molecular complexity index is 1020. The highest BCUT2D eigenvalue weighted by atomic mass is 35.5. The van der Waals surface area contributed by atoms with Crippen LogP contribution in [0.3, 0.4) is 0 Å². The molecule has 0 spiro atoms. The van der Waals surface area contributed by atoms with E-state index in [1.54, 1.807) is 12.1 Å². The number of piperidine rings is 1. The van der Waals surface area contributed by atoms with Crippen molar-refractivity contribution in [3.8, 4) is 5.75 Å². The summed E-state index contributed by atoms with van der Waals surface area (Å²) in [5.74, 6) is -1.06. The highest BCUT2D eigenvalue weighted by molar-refractivity contribution is 6.30. The van der Waals surface area contributed by atoms with Gasteiger partial charge in [0.25, 0.3) is 0 Å². The molecule has 31 heavy (non-hydrogen) atoms. The van der Waals surface area contributed by atoms with Gasteiger partial charge in [0.05, 0.1) is 6.04 Å². The fraction of sp³-hybridized carbons (Fsp3) is 0.458. The van der Waals surface area contributed by atoms with Gasteiger partial charge in [-0.25, -0.2) is 13.6 Å². The lowest BCUT2D eigenvalue weighted by Crippen LogP contribution is -2.69. The van der Waals surface area contributed by atoms with E-state index in [1.807, 2.05) is 28.9 Å². The van der Waals surface area contributed by atoms with Gasteiger partial charge in [0.15, 0.2) is 11.6 Å². The van der Waals surface area contributed by atoms with E-state index in [1.165, 1.54) is 6.07 Å². The Morgan fingerprint density at radius 2 is 1.87 bits per heavy atom. The van der Waals surface area contributed by atoms with Crippen LogP contribution >= 0.6 is 11.6 Å². The van der Waals surface area contributed by atoms with Gasteiger partial charge in [0.2, 0.25) is 0 Å². The minimum absolute atomic E-state index is 0.0135. The molecule has 2 amide bonds. The quantitative estimate of drug-likeness (QED) is 0.651. The van der Waals surface area contributed by atoms with E-state index in [9.17, 15) is 9.18 Å². The number of halogens is 3. The van der Waals surface area contributed by atoms with Gasteiger partial charge in [0, 0.05) is 35.1 Å². The molecule has 3 aliphatic heterocycles. The zero-order valence-corrected chi connectivity index (χ0v) is 18.2. The highest BCUT2D eigenvalue weighted by Gasteiger charge is 2.57. The molecular formula is C24H25ClF2N2O2. The standard InChI is InChI=1S/C24H25ClF2N2O2/c1-2-28-12-10-17-9-11-24(13-15-3-5-16(25)6-4-15)20(29(17)23(28)30)14-31-22-19(27)8-7-18(26)21(22)24/h3-8,17,20H,2,9-14H2,1H3/t17-,20+,24-/m0/s1. The second kappa shape index (κ2) is 7.66. The lowest BCUT2D eigenvalue weighted by molar-refractivity contribution is -0.0262. The van der Waals surface area contributed by atoms with Crippen LogP contribution < -0.4 is 4.74 Å². The van der Waals surface area contributed by atoms with E-state index in [0.717, 1.165) is 31.0 Å². The number of amides is 2. The van der Waals surface area contributed by atoms with Crippen LogP contribution in [0.15, 0.2) is 36.4 Å². The molecule has 2 saturated heterocycles. The maximum Gasteiger partial charge on any atom is 0.320 e. The molecule has 164 valence electrons. The summed E-state index contributed by atoms with van der Waals surface area (Å²) in [4.78, 5) is 17.1. The maximum atomic E-state index is 15.3. The third-order valence-electron chi connectivity index (χ3n) is 7.27. The molecule has 2 aromatic carbocycles. The number of carbonyl (C=O) groups is 1. The van der Waals surface area contributed by atoms with Crippen LogP contribution in [-0.2, 0) is 11.8 Å². The molecule has 0 saturated carbocycles. The first-order valence-corrected chi connectivity index (χ1v) is 11.3. The zero-order valence-electron chi connectivity index (χ0n) is 17.4. The van der Waals surface area contributed by atoms with Crippen molar-refractivity contribution in [1.29, 1.82) is 0 Å². The van der Waals surface area contributed by atoms with Crippen molar-refractivity contribution >= 4 is 17.6 Å². The molecule has 7 heteroatoms. The molecule has 0 N–H and O–H groups in total. The average molecular weight is 447 g/mol. The first kappa shape index (κ1) is 20.6. The number of benzene rings is 2. The van der Waals surface area contributed by atoms with Crippen molar-refractivity contribution in [2.75, 3.05) is 19.7 Å². The lowest BCUT2D eigenvalue weighted by Gasteiger charge is -2.58. The Morgan fingerprint density at radius 3 is 2.61 bits per heavy atom. The largest absolute Gasteiger partial charge is 0.488 e. The number of nitrogens with zero attached hydrogens (tertiary/aromatic N) is 2. The first-order valence-electron chi connectivity index (χ1n) is 10.9. The molecule has 3 aliphatic rings. The van der Waals surface area contributed by atoms with Gasteiger partial charge in [0.1, 0.15) is 12.4 Å². The SMILES string of the molecule is CCN1CC[C@@H]2CC[C@@]3(Cc4ccc(Cl)cc4)c4c(F)ccc(F)c4OC[C@H]3N2C1=O. The summed E-state index contributed by atoms with van der Waals surface area (Å²) in [5.41, 5.74) is 0.469. The van der Waals surface area contributed by atoms with Gasteiger partial charge in [-0.3, -0.25) is 0 Å². The van der Waals surface area contributed by atoms with Crippen LogP contribution in [0.2, 0.25) is 5.02 Å². The molecule has 0 bridgehead atoms. The maximum absolute atomic E-state index is 15.3. The molecular weight excluding hydrogens is 422 g/mol. The molecule has 3 heterocycles. The van der Waals surface area contributed by atoms with Crippen LogP contribution in [0.25, 0.3) is 0 Å². The summed E-state index contributed by atoms with van der Waals surface area (Å²) >= 11 is 6.07. The normalized spacial score (nSPS) is 27.3. The van der Waals surface area contributed by atoms with Gasteiger partial charge in [-0.1, -0.05) is 23.7 Å². The van der Waals surface area contributed by atoms with Crippen molar-refractivity contribution in [2.45, 2.75) is 50.1 Å². The molecule has 3 atom stereocenters. The van der Waals surface area contributed by atoms with E-state index in [0.29, 0.717) is 24.4 Å². The Morgan fingerprint density at radius 1 is 1.13 bits per heavy atom. The molecule has 2 fully saturated rings. The van der Waals surface area contributed by atoms with Gasteiger partial charge in [-0.05, 0) is 62.4 Å². The zero-order chi connectivity index (χ0) is 21.8. The summed E-state index contributed by atoms with van der Waals surface area (Å²) in [6.45, 7) is 3.47. The summed E-state index contributed by atoms with van der Waals surface area (Å²) in [5, 5.41) is 0.621. The number of hydrogen-bond acceptors (Lipinski definition) is 2. The van der Waals surface area contributed by atoms with Crippen molar-refractivity contribution in [3.63, 3.8) is 0 Å². The van der Waals surface area contributed by atoms with Crippen LogP contribution in [0.5, 0.6) is 5.75 Å². The van der Waals surface area contributed by atoms with Crippen LogP contribution in [0.1, 0.15) is 37.3 Å². The van der Waals surface area contributed by atoms with Gasteiger partial charge >= 0.3 is 6.03 Å². The minimum Gasteiger partial charge on any atom is -0.488 e. The number of carbonyl (C=O) groups excluding carboxylic acids is 1. The monoisotopic (exact) mass is 446 g/mol. The molecule has 0 aliphatic carbocycles. The van der Waals surface area contributed by atoms with Crippen LogP contribution in [-0.4, -0.2) is 47.6 Å². The molecule has 0 aromatic heterocycles. The number of ether oxygens (including phenoxy) is 1. The molecule has 4 nitrogen and oxygen atoms in total. The van der Waals surface area contributed by atoms with E-state index in [2.05, 4.69) is 0 Å². The number of rotatable bonds is 3. The molecule has 5 rings (SSSR count). The average Bonchev–Trinajstić information content (AvgIpc) is 2.77. The smallest absolute Gasteiger partial charge is 0.320 e. The van der Waals surface area contributed by atoms with Crippen LogP contribution in [0, 0.1) is 11.6 Å². The summed E-state index contributed by atoms with van der Waals surface area (Å²) in [6.07, 6.45) is 2.78. The van der Waals surface area contributed by atoms with Crippen molar-refractivity contribution in [2.24, 2.45) is 0 Å². The molecule has 0 radical (unpaired) electrons. The van der Waals surface area contributed by atoms with E-state index in [4.69, 9.17) is 16.3 Å². The van der Waals surface area contributed by atoms with Gasteiger partial charge in [-0.15, -0.1) is 0 Å². The van der Waals surface area contributed by atoms with Gasteiger partial charge in [-0.2, -0.15) is 0 Å². The fourth-order valence-corrected chi connectivity index (χ4v) is 5.90. The van der Waals surface area contributed by atoms with Gasteiger partial charge < -0.3 is 14.5 Å². The van der Waals surface area contributed by atoms with E-state index in [-0.39, 0.29) is 36.0 Å². The number of fused-ring (bicyclic) bond motifs is 5. The molecule has 2 aromatic rings. The Hall–Kier alpha value is -2.34. The second-order valence-electron chi connectivity index (χ2n) is 8.77. The lowest BCUT2D eigenvalue weighted by atomic mass is 9.62. The topological polar surface area (TPSA) is 32.8 Å². The summed E-state index contributed by atoms with van der Waals surface area (Å²) in [6, 6.07) is 9.43. The Balaban J connectivity index is 1.66. The van der Waals surface area contributed by atoms with E-state index < -0.39 is 17.0 Å². The predicted octanol–water partition coefficient (Wildman–Crippen LogP) is 5.17. The predicted molar refractivity (Wildman–Crippen MR) is 115 cm³/mol.